The summed E-state index contributed by atoms with van der Waals surface area (Å²) >= 11 is 0. The minimum Gasteiger partial charge on any atom is -0.394 e. The quantitative estimate of drug-likeness (QED) is 0.214. The highest BCUT2D eigenvalue weighted by Crippen LogP contribution is 2.28. The lowest BCUT2D eigenvalue weighted by molar-refractivity contribution is -0.341. The summed E-state index contributed by atoms with van der Waals surface area (Å²) in [4.78, 5) is 0. The van der Waals surface area contributed by atoms with Gasteiger partial charge in [0.1, 0.15) is 48.8 Å². The summed E-state index contributed by atoms with van der Waals surface area (Å²) in [7, 11) is 0. The van der Waals surface area contributed by atoms with Crippen molar-refractivity contribution in [2.75, 3.05) is 13.2 Å². The van der Waals surface area contributed by atoms with Gasteiger partial charge in [0, 0.05) is 0 Å². The third-order valence-electron chi connectivity index (χ3n) is 4.35. The third kappa shape index (κ3) is 4.86. The van der Waals surface area contributed by atoms with Gasteiger partial charge in [0.05, 0.1) is 13.2 Å². The maximum absolute atomic E-state index is 9.38. The van der Waals surface area contributed by atoms with E-state index >= 15 is 0 Å². The molecule has 0 aromatic carbocycles. The van der Waals surface area contributed by atoms with Gasteiger partial charge in [0.15, 0.2) is 11.6 Å². The molecule has 0 bridgehead atoms. The summed E-state index contributed by atoms with van der Waals surface area (Å²) in [6.07, 6.45) is -11.2. The number of hydrogen-bond acceptors (Lipinski definition) is 12. The molecule has 0 unspecified atom stereocenters. The molecule has 156 valence electrons. The van der Waals surface area contributed by atoms with Crippen LogP contribution in [0.4, 0.5) is 0 Å². The Morgan fingerprint density at radius 2 is 0.885 bits per heavy atom. The van der Waals surface area contributed by atoms with Crippen LogP contribution in [-0.2, 0) is 9.47 Å². The van der Waals surface area contributed by atoms with Gasteiger partial charge in [-0.3, -0.25) is 0 Å². The van der Waals surface area contributed by atoms with Crippen LogP contribution in [-0.4, -0.2) is 125 Å². The number of aliphatic hydroxyl groups excluding tert-OH is 8. The average molecular weight is 388 g/mol. The number of ether oxygens (including phenoxy) is 2. The van der Waals surface area contributed by atoms with Crippen molar-refractivity contribution in [3.05, 3.63) is 0 Å². The largest absolute Gasteiger partial charge is 0.394 e. The lowest BCUT2D eigenvalue weighted by atomic mass is 9.94. The second-order valence-corrected chi connectivity index (χ2v) is 6.64. The second kappa shape index (κ2) is 8.68. The van der Waals surface area contributed by atoms with Gasteiger partial charge in [-0.15, -0.1) is 0 Å². The Kier molecular flexibility index (Phi) is 7.87. The maximum Gasteiger partial charge on any atom is 0.192 e. The minimum absolute atomic E-state index is 0.541. The van der Waals surface area contributed by atoms with Gasteiger partial charge in [0.2, 0.25) is 0 Å². The smallest absolute Gasteiger partial charge is 0.192 e. The maximum atomic E-state index is 9.38. The van der Waals surface area contributed by atoms with Crippen LogP contribution >= 0.6 is 0 Å². The molecule has 0 aliphatic carbocycles. The Morgan fingerprint density at radius 1 is 0.615 bits per heavy atom. The van der Waals surface area contributed by atoms with Crippen molar-refractivity contribution in [2.24, 2.45) is 0 Å². The lowest BCUT2D eigenvalue weighted by Crippen LogP contribution is -2.63. The van der Waals surface area contributed by atoms with Crippen molar-refractivity contribution in [3.63, 3.8) is 0 Å². The molecule has 2 fully saturated rings. The zero-order chi connectivity index (χ0) is 20.4. The third-order valence-corrected chi connectivity index (χ3v) is 4.35. The van der Waals surface area contributed by atoms with Crippen LogP contribution in [0.2, 0.25) is 0 Å². The molecule has 26 heavy (non-hydrogen) atoms. The Bertz CT molecular complexity index is 400. The first-order valence-electron chi connectivity index (χ1n) is 7.90. The van der Waals surface area contributed by atoms with Crippen molar-refractivity contribution < 1.29 is 60.5 Å². The fraction of sp³-hybridized carbons (Fsp3) is 1.00. The van der Waals surface area contributed by atoms with Crippen LogP contribution in [0, 0.1) is 0 Å². The molecule has 0 saturated carbocycles. The molecule has 12 heteroatoms. The highest BCUT2D eigenvalue weighted by molar-refractivity contribution is 4.94. The van der Waals surface area contributed by atoms with E-state index in [1.807, 2.05) is 0 Å². The van der Waals surface area contributed by atoms with Crippen LogP contribution in [0.1, 0.15) is 13.8 Å². The molecule has 0 aromatic heterocycles. The summed E-state index contributed by atoms with van der Waals surface area (Å²) in [5, 5.41) is 91.6. The van der Waals surface area contributed by atoms with Crippen LogP contribution < -0.4 is 0 Å². The summed E-state index contributed by atoms with van der Waals surface area (Å²) in [6, 6.07) is 0. The standard InChI is InChI=1S/2C7H14O6/c2*1-7(12)6(11)5(10)4(9)3(2-8)13-7/h2*3-6,8-12H,2H2,1H3/t2*3-,4-,5+,6-,7+/m11/s1. The van der Waals surface area contributed by atoms with E-state index < -0.39 is 73.6 Å². The van der Waals surface area contributed by atoms with E-state index in [4.69, 9.17) is 19.7 Å². The zero-order valence-corrected chi connectivity index (χ0v) is 14.3. The van der Waals surface area contributed by atoms with Crippen LogP contribution in [0.5, 0.6) is 0 Å². The molecule has 0 radical (unpaired) electrons. The fourth-order valence-electron chi connectivity index (χ4n) is 2.63. The van der Waals surface area contributed by atoms with Crippen molar-refractivity contribution in [3.8, 4) is 0 Å². The molecule has 2 aliphatic heterocycles. The molecule has 0 spiro atoms. The molecular formula is C14H28O12. The highest BCUT2D eigenvalue weighted by atomic mass is 16.7. The Labute approximate surface area is 149 Å². The Morgan fingerprint density at radius 3 is 1.12 bits per heavy atom. The van der Waals surface area contributed by atoms with E-state index in [1.165, 1.54) is 0 Å². The fourth-order valence-corrected chi connectivity index (χ4v) is 2.63. The van der Waals surface area contributed by atoms with E-state index in [1.54, 1.807) is 0 Å². The van der Waals surface area contributed by atoms with Gasteiger partial charge in [0.25, 0.3) is 0 Å². The van der Waals surface area contributed by atoms with Crippen molar-refractivity contribution in [1.29, 1.82) is 0 Å². The summed E-state index contributed by atoms with van der Waals surface area (Å²) < 4.78 is 9.53. The van der Waals surface area contributed by atoms with Crippen LogP contribution in [0.3, 0.4) is 0 Å². The second-order valence-electron chi connectivity index (χ2n) is 6.64. The van der Waals surface area contributed by atoms with Gasteiger partial charge in [-0.25, -0.2) is 0 Å². The van der Waals surface area contributed by atoms with Crippen LogP contribution in [0.15, 0.2) is 0 Å². The topological polar surface area (TPSA) is 221 Å². The Balaban J connectivity index is 0.000000260. The first kappa shape index (κ1) is 23.6. The SMILES string of the molecule is C[C@]1(O)O[C@H](CO)[C@@H](O)[C@H](O)[C@H]1O.C[C@]1(O)O[C@H](CO)[C@@H](O)[C@H](O)[C@H]1O. The molecule has 0 amide bonds. The van der Waals surface area contributed by atoms with Crippen LogP contribution in [0.25, 0.3) is 0 Å². The molecule has 2 rings (SSSR count). The van der Waals surface area contributed by atoms with Crippen molar-refractivity contribution in [1.82, 2.24) is 0 Å². The number of aliphatic hydroxyl groups is 10. The number of rotatable bonds is 2. The first-order chi connectivity index (χ1) is 11.8. The average Bonchev–Trinajstić information content (AvgIpc) is 2.58. The predicted molar refractivity (Wildman–Crippen MR) is 81.2 cm³/mol. The first-order valence-corrected chi connectivity index (χ1v) is 7.90. The van der Waals surface area contributed by atoms with Gasteiger partial charge in [-0.05, 0) is 13.8 Å². The molecule has 0 aromatic rings. The molecular weight excluding hydrogens is 360 g/mol. The van der Waals surface area contributed by atoms with Crippen molar-refractivity contribution in [2.45, 2.75) is 74.3 Å². The number of hydrogen-bond donors (Lipinski definition) is 10. The van der Waals surface area contributed by atoms with Crippen molar-refractivity contribution >= 4 is 0 Å². The monoisotopic (exact) mass is 388 g/mol. The van der Waals surface area contributed by atoms with E-state index in [-0.39, 0.29) is 0 Å². The zero-order valence-electron chi connectivity index (χ0n) is 14.3. The summed E-state index contributed by atoms with van der Waals surface area (Å²) in [5.41, 5.74) is 0. The van der Waals surface area contributed by atoms with Gasteiger partial charge in [-0.1, -0.05) is 0 Å². The normalized spacial score (nSPS) is 52.2. The summed E-state index contributed by atoms with van der Waals surface area (Å²) in [5.74, 6) is -3.90. The molecule has 2 aliphatic rings. The van der Waals surface area contributed by atoms with Gasteiger partial charge in [-0.2, -0.15) is 0 Å². The van der Waals surface area contributed by atoms with E-state index in [2.05, 4.69) is 0 Å². The van der Waals surface area contributed by atoms with E-state index in [9.17, 15) is 40.9 Å². The molecule has 10 atom stereocenters. The molecule has 12 nitrogen and oxygen atoms in total. The van der Waals surface area contributed by atoms with E-state index in [0.717, 1.165) is 13.8 Å². The lowest BCUT2D eigenvalue weighted by Gasteiger charge is -2.43. The predicted octanol–water partition coefficient (Wildman–Crippen LogP) is -5.66. The highest BCUT2D eigenvalue weighted by Gasteiger charge is 2.50. The summed E-state index contributed by atoms with van der Waals surface area (Å²) in [6.45, 7) is 1.22. The molecule has 2 saturated heterocycles. The minimum atomic E-state index is -1.95. The Hall–Kier alpha value is -0.480. The molecule has 10 N–H and O–H groups in total. The van der Waals surface area contributed by atoms with Gasteiger partial charge >= 0.3 is 0 Å². The van der Waals surface area contributed by atoms with Gasteiger partial charge < -0.3 is 60.5 Å². The molecule has 2 heterocycles. The van der Waals surface area contributed by atoms with E-state index in [0.29, 0.717) is 0 Å².